The van der Waals surface area contributed by atoms with E-state index < -0.39 is 4.92 Å². The van der Waals surface area contributed by atoms with E-state index in [9.17, 15) is 14.9 Å². The van der Waals surface area contributed by atoms with Gasteiger partial charge in [-0.25, -0.2) is 0 Å². The van der Waals surface area contributed by atoms with Gasteiger partial charge < -0.3 is 5.32 Å². The molecule has 1 heterocycles. The highest BCUT2D eigenvalue weighted by Crippen LogP contribution is 2.26. The van der Waals surface area contributed by atoms with E-state index >= 15 is 0 Å². The van der Waals surface area contributed by atoms with Crippen LogP contribution in [0.3, 0.4) is 0 Å². The van der Waals surface area contributed by atoms with Crippen LogP contribution >= 0.6 is 27.3 Å². The third-order valence-corrected chi connectivity index (χ3v) is 4.94. The summed E-state index contributed by atoms with van der Waals surface area (Å²) in [5, 5.41) is 13.5. The predicted molar refractivity (Wildman–Crippen MR) is 73.4 cm³/mol. The minimum atomic E-state index is -0.475. The summed E-state index contributed by atoms with van der Waals surface area (Å²) in [4.78, 5) is 22.9. The van der Waals surface area contributed by atoms with Gasteiger partial charge in [-0.3, -0.25) is 14.9 Å². The first-order valence-corrected chi connectivity index (χ1v) is 7.48. The van der Waals surface area contributed by atoms with Crippen molar-refractivity contribution < 1.29 is 9.72 Å². The van der Waals surface area contributed by atoms with Gasteiger partial charge >= 0.3 is 5.00 Å². The zero-order valence-electron chi connectivity index (χ0n) is 9.60. The highest BCUT2D eigenvalue weighted by molar-refractivity contribution is 9.09. The van der Waals surface area contributed by atoms with Crippen LogP contribution in [0, 0.1) is 10.1 Å². The summed E-state index contributed by atoms with van der Waals surface area (Å²) in [5.41, 5.74) is 0. The van der Waals surface area contributed by atoms with Gasteiger partial charge in [-0.05, 0) is 31.7 Å². The van der Waals surface area contributed by atoms with Gasteiger partial charge in [-0.2, -0.15) is 0 Å². The Hall–Kier alpha value is -0.950. The van der Waals surface area contributed by atoms with Crippen LogP contribution < -0.4 is 5.32 Å². The standard InChI is InChI=1S/C11H13BrN2O3S/c12-7-1-3-8(4-2-7)13-11(15)9-5-6-10(18-9)14(16)17/h5-8H,1-4H2,(H,13,15). The van der Waals surface area contributed by atoms with Crippen molar-refractivity contribution in [2.45, 2.75) is 36.6 Å². The van der Waals surface area contributed by atoms with Crippen molar-refractivity contribution in [3.8, 4) is 0 Å². The van der Waals surface area contributed by atoms with Crippen LogP contribution in [0.25, 0.3) is 0 Å². The molecule has 5 nitrogen and oxygen atoms in total. The van der Waals surface area contributed by atoms with E-state index in [0.717, 1.165) is 37.0 Å². The Kier molecular flexibility index (Phi) is 4.34. The largest absolute Gasteiger partial charge is 0.349 e. The minimum absolute atomic E-state index is 0.00400. The molecule has 0 spiro atoms. The fourth-order valence-corrected chi connectivity index (χ4v) is 3.25. The van der Waals surface area contributed by atoms with Gasteiger partial charge in [-0.1, -0.05) is 27.3 Å². The molecule has 1 aliphatic rings. The second-order valence-electron chi connectivity index (χ2n) is 4.32. The first-order valence-electron chi connectivity index (χ1n) is 5.75. The third-order valence-electron chi connectivity index (χ3n) is 2.99. The van der Waals surface area contributed by atoms with Crippen LogP contribution in [0.15, 0.2) is 12.1 Å². The summed E-state index contributed by atoms with van der Waals surface area (Å²) in [5.74, 6) is -0.203. The van der Waals surface area contributed by atoms with Crippen LogP contribution in [0.2, 0.25) is 0 Å². The van der Waals surface area contributed by atoms with Crippen LogP contribution in [0.4, 0.5) is 5.00 Å². The lowest BCUT2D eigenvalue weighted by molar-refractivity contribution is -0.380. The number of nitro groups is 1. The number of alkyl halides is 1. The van der Waals surface area contributed by atoms with Crippen molar-refractivity contribution in [3.05, 3.63) is 27.1 Å². The number of halogens is 1. The molecule has 1 fully saturated rings. The number of hydrogen-bond donors (Lipinski definition) is 1. The van der Waals surface area contributed by atoms with Crippen molar-refractivity contribution in [1.29, 1.82) is 0 Å². The molecule has 0 aromatic carbocycles. The number of rotatable bonds is 3. The maximum Gasteiger partial charge on any atom is 0.324 e. The van der Waals surface area contributed by atoms with Crippen molar-refractivity contribution >= 4 is 38.2 Å². The molecule has 1 saturated carbocycles. The highest BCUT2D eigenvalue weighted by atomic mass is 79.9. The molecule has 0 atom stereocenters. The van der Waals surface area contributed by atoms with Gasteiger partial charge in [0, 0.05) is 16.9 Å². The van der Waals surface area contributed by atoms with E-state index in [1.165, 1.54) is 12.1 Å². The molecule has 1 aromatic heterocycles. The fourth-order valence-electron chi connectivity index (χ4n) is 2.00. The molecule has 1 aromatic rings. The summed E-state index contributed by atoms with van der Waals surface area (Å²) in [7, 11) is 0. The van der Waals surface area contributed by atoms with Crippen molar-refractivity contribution in [2.24, 2.45) is 0 Å². The maximum atomic E-state index is 11.9. The van der Waals surface area contributed by atoms with Crippen molar-refractivity contribution in [3.63, 3.8) is 0 Å². The first kappa shape index (κ1) is 13.5. The normalized spacial score (nSPS) is 23.6. The van der Waals surface area contributed by atoms with E-state index in [2.05, 4.69) is 21.2 Å². The van der Waals surface area contributed by atoms with Gasteiger partial charge in [0.15, 0.2) is 0 Å². The number of nitrogens with zero attached hydrogens (tertiary/aromatic N) is 1. The average Bonchev–Trinajstić information content (AvgIpc) is 2.81. The number of amides is 1. The second kappa shape index (κ2) is 5.79. The van der Waals surface area contributed by atoms with Crippen LogP contribution in [-0.2, 0) is 0 Å². The molecule has 0 bridgehead atoms. The van der Waals surface area contributed by atoms with Gasteiger partial charge in [0.25, 0.3) is 5.91 Å². The molecule has 0 radical (unpaired) electrons. The predicted octanol–water partition coefficient (Wildman–Crippen LogP) is 3.09. The van der Waals surface area contributed by atoms with E-state index in [4.69, 9.17) is 0 Å². The summed E-state index contributed by atoms with van der Waals surface area (Å²) in [6.07, 6.45) is 4.01. The van der Waals surface area contributed by atoms with Crippen LogP contribution in [0.1, 0.15) is 35.4 Å². The molecule has 0 aliphatic heterocycles. The molecule has 98 valence electrons. The molecule has 1 N–H and O–H groups in total. The zero-order chi connectivity index (χ0) is 13.1. The van der Waals surface area contributed by atoms with Gasteiger partial charge in [0.2, 0.25) is 0 Å². The van der Waals surface area contributed by atoms with E-state index in [1.54, 1.807) is 0 Å². The van der Waals surface area contributed by atoms with Gasteiger partial charge in [0.1, 0.15) is 0 Å². The number of hydrogen-bond acceptors (Lipinski definition) is 4. The smallest absolute Gasteiger partial charge is 0.324 e. The molecular weight excluding hydrogens is 320 g/mol. The van der Waals surface area contributed by atoms with Gasteiger partial charge in [-0.15, -0.1) is 0 Å². The molecule has 2 rings (SSSR count). The summed E-state index contributed by atoms with van der Waals surface area (Å²) >= 11 is 4.48. The molecule has 0 saturated heterocycles. The molecule has 1 amide bonds. The van der Waals surface area contributed by atoms with E-state index in [0.29, 0.717) is 9.70 Å². The van der Waals surface area contributed by atoms with E-state index in [-0.39, 0.29) is 17.0 Å². The number of carbonyl (C=O) groups excluding carboxylic acids is 1. The second-order valence-corrected chi connectivity index (χ2v) is 6.67. The average molecular weight is 333 g/mol. The minimum Gasteiger partial charge on any atom is -0.349 e. The molecule has 0 unspecified atom stereocenters. The summed E-state index contributed by atoms with van der Waals surface area (Å²) in [6.45, 7) is 0. The Morgan fingerprint density at radius 1 is 1.39 bits per heavy atom. The topological polar surface area (TPSA) is 72.2 Å². The Bertz CT molecular complexity index is 455. The molecule has 7 heteroatoms. The molecular formula is C11H13BrN2O3S. The quantitative estimate of drug-likeness (QED) is 0.525. The fraction of sp³-hybridized carbons (Fsp3) is 0.545. The zero-order valence-corrected chi connectivity index (χ0v) is 12.0. The lowest BCUT2D eigenvalue weighted by atomic mass is 9.95. The Labute approximate surface area is 117 Å². The number of thiophene rings is 1. The lowest BCUT2D eigenvalue weighted by Gasteiger charge is -2.25. The highest BCUT2D eigenvalue weighted by Gasteiger charge is 2.22. The summed E-state index contributed by atoms with van der Waals surface area (Å²) < 4.78 is 0. The maximum absolute atomic E-state index is 11.9. The van der Waals surface area contributed by atoms with Crippen LogP contribution in [-0.4, -0.2) is 21.7 Å². The Morgan fingerprint density at radius 3 is 2.61 bits per heavy atom. The first-order chi connectivity index (χ1) is 8.56. The van der Waals surface area contributed by atoms with Crippen molar-refractivity contribution in [2.75, 3.05) is 0 Å². The Morgan fingerprint density at radius 2 is 2.06 bits per heavy atom. The van der Waals surface area contributed by atoms with Crippen LogP contribution in [0.5, 0.6) is 0 Å². The van der Waals surface area contributed by atoms with E-state index in [1.807, 2.05) is 0 Å². The number of nitrogens with one attached hydrogen (secondary N) is 1. The number of carbonyl (C=O) groups is 1. The summed E-state index contributed by atoms with van der Waals surface area (Å²) in [6, 6.07) is 3.07. The van der Waals surface area contributed by atoms with Gasteiger partial charge in [0.05, 0.1) is 9.80 Å². The molecule has 1 aliphatic carbocycles. The lowest BCUT2D eigenvalue weighted by Crippen LogP contribution is -2.37. The Balaban J connectivity index is 1.93. The van der Waals surface area contributed by atoms with Crippen molar-refractivity contribution in [1.82, 2.24) is 5.32 Å². The molecule has 18 heavy (non-hydrogen) atoms. The SMILES string of the molecule is O=C(NC1CCC(Br)CC1)c1ccc([N+](=O)[O-])s1. The third kappa shape index (κ3) is 3.29. The monoisotopic (exact) mass is 332 g/mol.